The van der Waals surface area contributed by atoms with Gasteiger partial charge in [0.25, 0.3) is 5.69 Å². The van der Waals surface area contributed by atoms with Crippen molar-refractivity contribution in [3.05, 3.63) is 145 Å². The molecule has 4 aromatic rings. The summed E-state index contributed by atoms with van der Waals surface area (Å²) in [6.45, 7) is 0. The first kappa shape index (κ1) is 25.1. The number of benzene rings is 4. The van der Waals surface area contributed by atoms with Crippen LogP contribution in [0.4, 0.5) is 5.69 Å². The molecule has 6 nitrogen and oxygen atoms in total. The molecule has 0 atom stereocenters. The van der Waals surface area contributed by atoms with E-state index in [0.29, 0.717) is 11.1 Å². The Morgan fingerprint density at radius 3 is 1.89 bits per heavy atom. The van der Waals surface area contributed by atoms with E-state index in [1.165, 1.54) is 6.07 Å². The number of carbonyl (C=O) groups excluding carboxylic acids is 2. The zero-order valence-corrected chi connectivity index (χ0v) is 21.1. The maximum Gasteiger partial charge on any atom is 0.343 e. The lowest BCUT2D eigenvalue weighted by Gasteiger charge is -2.15. The van der Waals surface area contributed by atoms with Crippen LogP contribution >= 0.6 is 27.7 Å². The molecule has 0 radical (unpaired) electrons. The molecule has 0 spiro atoms. The summed E-state index contributed by atoms with van der Waals surface area (Å²) in [6.07, 6.45) is 0. The van der Waals surface area contributed by atoms with Crippen LogP contribution in [0, 0.1) is 10.1 Å². The molecule has 0 unspecified atom stereocenters. The number of carbonyl (C=O) groups is 2. The summed E-state index contributed by atoms with van der Waals surface area (Å²) in [5.74, 6) is -1.08. The van der Waals surface area contributed by atoms with Crippen LogP contribution in [-0.4, -0.2) is 16.7 Å². The van der Waals surface area contributed by atoms with Gasteiger partial charge in [0, 0.05) is 21.7 Å². The van der Waals surface area contributed by atoms with E-state index in [9.17, 15) is 19.7 Å². The number of nitro groups is 1. The molecule has 0 fully saturated rings. The fraction of sp³-hybridized carbons (Fsp3) is 0. The molecular weight excluding hydrogens is 542 g/mol. The zero-order chi connectivity index (χ0) is 25.5. The van der Waals surface area contributed by atoms with E-state index in [0.717, 1.165) is 16.2 Å². The third kappa shape index (κ3) is 5.97. The summed E-state index contributed by atoms with van der Waals surface area (Å²) < 4.78 is 6.65. The van der Waals surface area contributed by atoms with Gasteiger partial charge in [-0.1, -0.05) is 100 Å². The third-order valence-corrected chi connectivity index (χ3v) is 6.70. The predicted molar refractivity (Wildman–Crippen MR) is 143 cm³/mol. The molecular formula is C28H18BrNO5S. The molecule has 4 rings (SSSR count). The van der Waals surface area contributed by atoms with Crippen molar-refractivity contribution in [1.82, 2.24) is 0 Å². The van der Waals surface area contributed by atoms with E-state index in [-0.39, 0.29) is 26.8 Å². The van der Waals surface area contributed by atoms with Crippen molar-refractivity contribution in [3.8, 4) is 0 Å². The Kier molecular flexibility index (Phi) is 8.10. The van der Waals surface area contributed by atoms with Gasteiger partial charge in [0.15, 0.2) is 5.76 Å². The summed E-state index contributed by atoms with van der Waals surface area (Å²) in [6, 6.07) is 30.0. The maximum absolute atomic E-state index is 13.8. The van der Waals surface area contributed by atoms with Crippen LogP contribution in [0.1, 0.15) is 26.3 Å². The average molecular weight is 560 g/mol. The van der Waals surface area contributed by atoms with Crippen LogP contribution in [0.25, 0.3) is 5.76 Å². The quantitative estimate of drug-likeness (QED) is 0.0421. The molecule has 0 heterocycles. The van der Waals surface area contributed by atoms with Crippen molar-refractivity contribution in [3.63, 3.8) is 0 Å². The molecule has 4 aromatic carbocycles. The van der Waals surface area contributed by atoms with Crippen molar-refractivity contribution < 1.29 is 19.2 Å². The largest absolute Gasteiger partial charge is 0.421 e. The first-order chi connectivity index (χ1) is 17.4. The molecule has 0 saturated heterocycles. The number of allylic oxidation sites excluding steroid dienone is 1. The van der Waals surface area contributed by atoms with Gasteiger partial charge < -0.3 is 4.74 Å². The minimum Gasteiger partial charge on any atom is -0.421 e. The van der Waals surface area contributed by atoms with Gasteiger partial charge in [-0.2, -0.15) is 0 Å². The molecule has 0 saturated carbocycles. The van der Waals surface area contributed by atoms with E-state index in [2.05, 4.69) is 15.9 Å². The summed E-state index contributed by atoms with van der Waals surface area (Å²) >= 11 is 4.23. The fourth-order valence-corrected chi connectivity index (χ4v) is 4.62. The highest BCUT2D eigenvalue weighted by Crippen LogP contribution is 2.40. The fourth-order valence-electron chi connectivity index (χ4n) is 3.28. The maximum atomic E-state index is 13.8. The number of rotatable bonds is 8. The van der Waals surface area contributed by atoms with Gasteiger partial charge in [0.2, 0.25) is 5.78 Å². The third-order valence-electron chi connectivity index (χ3n) is 5.03. The van der Waals surface area contributed by atoms with Crippen molar-refractivity contribution in [2.45, 2.75) is 4.90 Å². The van der Waals surface area contributed by atoms with Crippen LogP contribution in [0.5, 0.6) is 0 Å². The van der Waals surface area contributed by atoms with Gasteiger partial charge in [-0.05, 0) is 30.3 Å². The standard InChI is InChI=1S/C28H18BrNO5S/c29-22-17-15-21(16-18-22)28(32)35-26(20-11-5-2-6-12-20)27(25(31)19-9-3-1-4-10-19)36-24-14-8-7-13-23(24)30(33)34/h1-18H/b27-26-. The van der Waals surface area contributed by atoms with Crippen LogP contribution in [0.3, 0.4) is 0 Å². The minimum atomic E-state index is -0.664. The number of nitro benzene ring substituents is 1. The van der Waals surface area contributed by atoms with Gasteiger partial charge in [0.05, 0.1) is 15.4 Å². The second-order valence-corrected chi connectivity index (χ2v) is 9.41. The van der Waals surface area contributed by atoms with E-state index in [1.54, 1.807) is 103 Å². The number of ketones is 1. The first-order valence-electron chi connectivity index (χ1n) is 10.7. The van der Waals surface area contributed by atoms with Crippen LogP contribution < -0.4 is 0 Å². The second-order valence-electron chi connectivity index (χ2n) is 7.44. The summed E-state index contributed by atoms with van der Waals surface area (Å²) in [7, 11) is 0. The van der Waals surface area contributed by atoms with Crippen LogP contribution in [0.2, 0.25) is 0 Å². The van der Waals surface area contributed by atoms with Gasteiger partial charge >= 0.3 is 5.97 Å². The number of para-hydroxylation sites is 1. The number of Topliss-reactive ketones (excluding diaryl/α,β-unsaturated/α-hetero) is 1. The Balaban J connectivity index is 1.90. The number of ether oxygens (including phenoxy) is 1. The van der Waals surface area contributed by atoms with Crippen molar-refractivity contribution >= 4 is 50.9 Å². The van der Waals surface area contributed by atoms with Crippen LogP contribution in [-0.2, 0) is 4.74 Å². The lowest BCUT2D eigenvalue weighted by Crippen LogP contribution is -2.11. The molecule has 0 aromatic heterocycles. The van der Waals surface area contributed by atoms with E-state index >= 15 is 0 Å². The summed E-state index contributed by atoms with van der Waals surface area (Å²) in [5, 5.41) is 11.7. The zero-order valence-electron chi connectivity index (χ0n) is 18.7. The molecule has 0 aliphatic carbocycles. The van der Waals surface area contributed by atoms with E-state index < -0.39 is 16.7 Å². The normalized spacial score (nSPS) is 11.4. The van der Waals surface area contributed by atoms with Gasteiger partial charge in [0.1, 0.15) is 4.91 Å². The SMILES string of the molecule is O=C(O/C(=C(\Sc1ccccc1[N+](=O)[O-])C(=O)c1ccccc1)c1ccccc1)c1ccc(Br)cc1. The molecule has 0 aliphatic heterocycles. The molecule has 0 N–H and O–H groups in total. The Labute approximate surface area is 219 Å². The number of esters is 1. The topological polar surface area (TPSA) is 86.5 Å². The molecule has 0 amide bonds. The minimum absolute atomic E-state index is 0.0144. The van der Waals surface area contributed by atoms with Crippen molar-refractivity contribution in [2.24, 2.45) is 0 Å². The lowest BCUT2D eigenvalue weighted by molar-refractivity contribution is -0.387. The molecule has 178 valence electrons. The number of hydrogen-bond acceptors (Lipinski definition) is 6. The molecule has 36 heavy (non-hydrogen) atoms. The van der Waals surface area contributed by atoms with Crippen molar-refractivity contribution in [2.75, 3.05) is 0 Å². The predicted octanol–water partition coefficient (Wildman–Crippen LogP) is 7.56. The van der Waals surface area contributed by atoms with Gasteiger partial charge in [-0.3, -0.25) is 14.9 Å². The number of nitrogens with zero attached hydrogens (tertiary/aromatic N) is 1. The Hall–Kier alpha value is -4.01. The lowest BCUT2D eigenvalue weighted by atomic mass is 10.1. The molecule has 0 aliphatic rings. The van der Waals surface area contributed by atoms with Crippen LogP contribution in [0.15, 0.2) is 123 Å². The number of thioether (sulfide) groups is 1. The summed E-state index contributed by atoms with van der Waals surface area (Å²) in [4.78, 5) is 38.4. The van der Waals surface area contributed by atoms with E-state index in [4.69, 9.17) is 4.74 Å². The molecule has 8 heteroatoms. The highest BCUT2D eigenvalue weighted by molar-refractivity contribution is 9.10. The Morgan fingerprint density at radius 2 is 1.28 bits per heavy atom. The molecule has 0 bridgehead atoms. The Bertz CT molecular complexity index is 1440. The highest BCUT2D eigenvalue weighted by Gasteiger charge is 2.26. The Morgan fingerprint density at radius 1 is 0.722 bits per heavy atom. The van der Waals surface area contributed by atoms with Gasteiger partial charge in [-0.25, -0.2) is 4.79 Å². The second kappa shape index (κ2) is 11.6. The first-order valence-corrected chi connectivity index (χ1v) is 12.3. The highest BCUT2D eigenvalue weighted by atomic mass is 79.9. The number of halogens is 1. The summed E-state index contributed by atoms with van der Waals surface area (Å²) in [5.41, 5.74) is 0.960. The monoisotopic (exact) mass is 559 g/mol. The average Bonchev–Trinajstić information content (AvgIpc) is 2.91. The van der Waals surface area contributed by atoms with Crippen molar-refractivity contribution in [1.29, 1.82) is 0 Å². The van der Waals surface area contributed by atoms with Gasteiger partial charge in [-0.15, -0.1) is 0 Å². The number of hydrogen-bond donors (Lipinski definition) is 0. The van der Waals surface area contributed by atoms with E-state index in [1.807, 2.05) is 0 Å². The smallest absolute Gasteiger partial charge is 0.343 e.